The van der Waals surface area contributed by atoms with Crippen LogP contribution in [0.1, 0.15) is 41.9 Å². The van der Waals surface area contributed by atoms with Gasteiger partial charge in [0, 0.05) is 31.0 Å². The van der Waals surface area contributed by atoms with Gasteiger partial charge in [0.2, 0.25) is 5.91 Å². The predicted molar refractivity (Wildman–Crippen MR) is 89.1 cm³/mol. The number of urea groups is 1. The number of amides is 3. The third-order valence-corrected chi connectivity index (χ3v) is 5.24. The molecule has 1 heterocycles. The zero-order chi connectivity index (χ0) is 16.6. The summed E-state index contributed by atoms with van der Waals surface area (Å²) in [4.78, 5) is 25.3. The lowest BCUT2D eigenvalue weighted by atomic mass is 9.96. The smallest absolute Gasteiger partial charge is 0.317 e. The van der Waals surface area contributed by atoms with Crippen LogP contribution in [-0.4, -0.2) is 36.0 Å². The number of rotatable bonds is 3. The molecule has 0 spiro atoms. The van der Waals surface area contributed by atoms with Crippen molar-refractivity contribution in [1.29, 1.82) is 0 Å². The van der Waals surface area contributed by atoms with Gasteiger partial charge in [-0.25, -0.2) is 4.79 Å². The number of likely N-dealkylation sites (tertiary alicyclic amines) is 1. The second-order valence-corrected chi connectivity index (χ2v) is 6.91. The zero-order valence-corrected chi connectivity index (χ0v) is 13.8. The third-order valence-electron chi connectivity index (χ3n) is 5.24. The SMILES string of the molecule is Cc1ccc([C@H]2C[C@H]2NC(=O)N2CCC(C(N)=O)CC2)cc1C. The first-order valence-corrected chi connectivity index (χ1v) is 8.37. The Morgan fingerprint density at radius 3 is 2.48 bits per heavy atom. The van der Waals surface area contributed by atoms with E-state index in [0.717, 1.165) is 6.42 Å². The van der Waals surface area contributed by atoms with Crippen LogP contribution in [0.4, 0.5) is 4.79 Å². The Morgan fingerprint density at radius 1 is 1.17 bits per heavy atom. The lowest BCUT2D eigenvalue weighted by molar-refractivity contribution is -0.123. The van der Waals surface area contributed by atoms with Gasteiger partial charge in [-0.2, -0.15) is 0 Å². The largest absolute Gasteiger partial charge is 0.369 e. The minimum Gasteiger partial charge on any atom is -0.369 e. The Kier molecular flexibility index (Phi) is 4.28. The van der Waals surface area contributed by atoms with Crippen LogP contribution in [0.15, 0.2) is 18.2 Å². The summed E-state index contributed by atoms with van der Waals surface area (Å²) in [5, 5.41) is 3.12. The summed E-state index contributed by atoms with van der Waals surface area (Å²) in [5.74, 6) is 0.103. The Morgan fingerprint density at radius 2 is 1.87 bits per heavy atom. The van der Waals surface area contributed by atoms with Crippen LogP contribution in [0.5, 0.6) is 0 Å². The summed E-state index contributed by atoms with van der Waals surface area (Å²) < 4.78 is 0. The zero-order valence-electron chi connectivity index (χ0n) is 13.8. The fourth-order valence-electron chi connectivity index (χ4n) is 3.34. The van der Waals surface area contributed by atoms with E-state index in [2.05, 4.69) is 37.4 Å². The average Bonchev–Trinajstić information content (AvgIpc) is 3.29. The van der Waals surface area contributed by atoms with Gasteiger partial charge >= 0.3 is 6.03 Å². The summed E-state index contributed by atoms with van der Waals surface area (Å²) in [6, 6.07) is 6.76. The molecule has 1 saturated heterocycles. The van der Waals surface area contributed by atoms with Crippen molar-refractivity contribution in [1.82, 2.24) is 10.2 Å². The Labute approximate surface area is 137 Å². The molecule has 2 aliphatic rings. The van der Waals surface area contributed by atoms with Gasteiger partial charge in [0.05, 0.1) is 0 Å². The fourth-order valence-corrected chi connectivity index (χ4v) is 3.34. The van der Waals surface area contributed by atoms with E-state index in [-0.39, 0.29) is 23.9 Å². The molecule has 2 atom stereocenters. The number of nitrogens with one attached hydrogen (secondary N) is 1. The molecule has 1 aromatic carbocycles. The van der Waals surface area contributed by atoms with Crippen LogP contribution >= 0.6 is 0 Å². The van der Waals surface area contributed by atoms with Crippen molar-refractivity contribution in [3.05, 3.63) is 34.9 Å². The molecule has 0 bridgehead atoms. The van der Waals surface area contributed by atoms with Gasteiger partial charge in [0.25, 0.3) is 0 Å². The predicted octanol–water partition coefficient (Wildman–Crippen LogP) is 2.07. The molecule has 124 valence electrons. The van der Waals surface area contributed by atoms with E-state index in [4.69, 9.17) is 5.73 Å². The highest BCUT2D eigenvalue weighted by atomic mass is 16.2. The normalized spacial score (nSPS) is 24.3. The van der Waals surface area contributed by atoms with Crippen LogP contribution in [0.2, 0.25) is 0 Å². The molecule has 5 heteroatoms. The standard InChI is InChI=1S/C18H25N3O2/c1-11-3-4-14(9-12(11)2)15-10-16(15)20-18(23)21-7-5-13(6-8-21)17(19)22/h3-4,9,13,15-16H,5-8,10H2,1-2H3,(H2,19,22)(H,20,23)/t15-,16-/m1/s1. The van der Waals surface area contributed by atoms with E-state index >= 15 is 0 Å². The Hall–Kier alpha value is -2.04. The molecule has 3 amide bonds. The molecule has 2 fully saturated rings. The third kappa shape index (κ3) is 3.49. The van der Waals surface area contributed by atoms with Crippen LogP contribution in [0, 0.1) is 19.8 Å². The second-order valence-electron chi connectivity index (χ2n) is 6.91. The topological polar surface area (TPSA) is 75.4 Å². The molecule has 1 saturated carbocycles. The number of hydrogen-bond donors (Lipinski definition) is 2. The van der Waals surface area contributed by atoms with Crippen LogP contribution < -0.4 is 11.1 Å². The molecule has 5 nitrogen and oxygen atoms in total. The van der Waals surface area contributed by atoms with E-state index in [1.807, 2.05) is 0 Å². The first-order valence-electron chi connectivity index (χ1n) is 8.37. The molecular weight excluding hydrogens is 290 g/mol. The Balaban J connectivity index is 1.50. The Bertz CT molecular complexity index is 621. The number of nitrogens with zero attached hydrogens (tertiary/aromatic N) is 1. The molecule has 3 N–H and O–H groups in total. The van der Waals surface area contributed by atoms with Gasteiger partial charge < -0.3 is 16.0 Å². The highest BCUT2D eigenvalue weighted by molar-refractivity contribution is 5.78. The van der Waals surface area contributed by atoms with Gasteiger partial charge in [0.15, 0.2) is 0 Å². The fraction of sp³-hybridized carbons (Fsp3) is 0.556. The average molecular weight is 315 g/mol. The van der Waals surface area contributed by atoms with Crippen LogP contribution in [0.25, 0.3) is 0 Å². The monoisotopic (exact) mass is 315 g/mol. The first-order chi connectivity index (χ1) is 11.0. The molecule has 0 aromatic heterocycles. The van der Waals surface area contributed by atoms with Crippen molar-refractivity contribution in [3.63, 3.8) is 0 Å². The lowest BCUT2D eigenvalue weighted by Crippen LogP contribution is -2.47. The number of nitrogens with two attached hydrogens (primary N) is 1. The van der Waals surface area contributed by atoms with Crippen molar-refractivity contribution < 1.29 is 9.59 Å². The lowest BCUT2D eigenvalue weighted by Gasteiger charge is -2.30. The van der Waals surface area contributed by atoms with E-state index in [1.165, 1.54) is 16.7 Å². The number of benzene rings is 1. The molecule has 0 unspecified atom stereocenters. The van der Waals surface area contributed by atoms with Gasteiger partial charge in [-0.05, 0) is 49.8 Å². The van der Waals surface area contributed by atoms with Crippen molar-refractivity contribution in [2.45, 2.75) is 45.1 Å². The molecule has 23 heavy (non-hydrogen) atoms. The maximum absolute atomic E-state index is 12.3. The van der Waals surface area contributed by atoms with E-state index < -0.39 is 0 Å². The highest BCUT2D eigenvalue weighted by Gasteiger charge is 2.40. The van der Waals surface area contributed by atoms with Crippen molar-refractivity contribution in [3.8, 4) is 0 Å². The number of aryl methyl sites for hydroxylation is 2. The van der Waals surface area contributed by atoms with Crippen molar-refractivity contribution >= 4 is 11.9 Å². The van der Waals surface area contributed by atoms with Gasteiger partial charge in [-0.3, -0.25) is 4.79 Å². The first kappa shape index (κ1) is 15.8. The number of carbonyl (C=O) groups is 2. The summed E-state index contributed by atoms with van der Waals surface area (Å²) in [6.45, 7) is 5.46. The quantitative estimate of drug-likeness (QED) is 0.896. The second kappa shape index (κ2) is 6.22. The summed E-state index contributed by atoms with van der Waals surface area (Å²) in [6.07, 6.45) is 2.36. The number of primary amides is 1. The maximum atomic E-state index is 12.3. The molecule has 3 rings (SSSR count). The van der Waals surface area contributed by atoms with Crippen molar-refractivity contribution in [2.75, 3.05) is 13.1 Å². The van der Waals surface area contributed by atoms with E-state index in [9.17, 15) is 9.59 Å². The van der Waals surface area contributed by atoms with E-state index in [0.29, 0.717) is 31.8 Å². The van der Waals surface area contributed by atoms with E-state index in [1.54, 1.807) is 4.90 Å². The van der Waals surface area contributed by atoms with Crippen LogP contribution in [-0.2, 0) is 4.79 Å². The molecule has 1 aliphatic heterocycles. The summed E-state index contributed by atoms with van der Waals surface area (Å²) >= 11 is 0. The number of piperidine rings is 1. The van der Waals surface area contributed by atoms with Crippen LogP contribution in [0.3, 0.4) is 0 Å². The molecule has 1 aromatic rings. The molecular formula is C18H25N3O2. The van der Waals surface area contributed by atoms with Gasteiger partial charge in [-0.1, -0.05) is 18.2 Å². The van der Waals surface area contributed by atoms with Gasteiger partial charge in [-0.15, -0.1) is 0 Å². The summed E-state index contributed by atoms with van der Waals surface area (Å²) in [5.41, 5.74) is 9.24. The minimum atomic E-state index is -0.248. The van der Waals surface area contributed by atoms with Gasteiger partial charge in [0.1, 0.15) is 0 Å². The minimum absolute atomic E-state index is 0.00995. The summed E-state index contributed by atoms with van der Waals surface area (Å²) in [7, 11) is 0. The number of hydrogen-bond acceptors (Lipinski definition) is 2. The molecule has 1 aliphatic carbocycles. The highest BCUT2D eigenvalue weighted by Crippen LogP contribution is 2.41. The number of carbonyl (C=O) groups excluding carboxylic acids is 2. The molecule has 0 radical (unpaired) electrons. The maximum Gasteiger partial charge on any atom is 0.317 e. The van der Waals surface area contributed by atoms with Crippen molar-refractivity contribution in [2.24, 2.45) is 11.7 Å².